The van der Waals surface area contributed by atoms with Crippen molar-refractivity contribution in [1.82, 2.24) is 25.4 Å². The molecule has 0 bridgehead atoms. The van der Waals surface area contributed by atoms with E-state index in [1.165, 1.54) is 4.90 Å². The van der Waals surface area contributed by atoms with Crippen molar-refractivity contribution in [3.05, 3.63) is 71.9 Å². The number of aromatic amines is 1. The fourth-order valence-electron chi connectivity index (χ4n) is 5.96. The third kappa shape index (κ3) is 6.27. The molecule has 2 fully saturated rings. The van der Waals surface area contributed by atoms with E-state index in [0.29, 0.717) is 19.4 Å². The number of carbonyl (C=O) groups excluding carboxylic acids is 4. The average Bonchev–Trinajstić information content (AvgIpc) is 3.35. The predicted octanol–water partition coefficient (Wildman–Crippen LogP) is 4.67. The molecule has 0 unspecified atom stereocenters. The second-order valence-corrected chi connectivity index (χ2v) is 12.1. The van der Waals surface area contributed by atoms with Gasteiger partial charge in [0.2, 0.25) is 11.8 Å². The lowest BCUT2D eigenvalue weighted by molar-refractivity contribution is -0.137. The fourth-order valence-corrected chi connectivity index (χ4v) is 5.96. The van der Waals surface area contributed by atoms with Crippen LogP contribution in [0.5, 0.6) is 0 Å². The average molecular weight is 574 g/mol. The van der Waals surface area contributed by atoms with Crippen molar-refractivity contribution in [2.45, 2.75) is 83.1 Å². The van der Waals surface area contributed by atoms with Crippen LogP contribution in [-0.2, 0) is 20.7 Å². The number of hydrogen-bond donors (Lipinski definition) is 3. The number of piperidine rings is 1. The third-order valence-corrected chi connectivity index (χ3v) is 7.99. The molecule has 0 spiro atoms. The zero-order chi connectivity index (χ0) is 30.0. The number of carbonyl (C=O) groups is 4. The first-order chi connectivity index (χ1) is 20.0. The maximum absolute atomic E-state index is 13.8. The van der Waals surface area contributed by atoms with Crippen LogP contribution in [0, 0.1) is 0 Å². The van der Waals surface area contributed by atoms with Gasteiger partial charge in [-0.3, -0.25) is 14.5 Å². The van der Waals surface area contributed by atoms with E-state index in [0.717, 1.165) is 22.0 Å². The Balaban J connectivity index is 1.33. The summed E-state index contributed by atoms with van der Waals surface area (Å²) in [4.78, 5) is 59.8. The van der Waals surface area contributed by atoms with Gasteiger partial charge in [-0.25, -0.2) is 9.59 Å². The Kier molecular flexibility index (Phi) is 8.24. The highest BCUT2D eigenvalue weighted by Gasteiger charge is 2.46. The minimum Gasteiger partial charge on any atom is -0.444 e. The van der Waals surface area contributed by atoms with Gasteiger partial charge < -0.3 is 25.3 Å². The van der Waals surface area contributed by atoms with Crippen LogP contribution in [-0.4, -0.2) is 69.0 Å². The summed E-state index contributed by atoms with van der Waals surface area (Å²) >= 11 is 0. The maximum Gasteiger partial charge on any atom is 0.408 e. The molecule has 2 aliphatic heterocycles. The highest BCUT2D eigenvalue weighted by Crippen LogP contribution is 2.32. The largest absolute Gasteiger partial charge is 0.444 e. The summed E-state index contributed by atoms with van der Waals surface area (Å²) < 4.78 is 5.46. The molecule has 0 saturated carbocycles. The van der Waals surface area contributed by atoms with Crippen molar-refractivity contribution in [1.29, 1.82) is 0 Å². The summed E-state index contributed by atoms with van der Waals surface area (Å²) in [6.45, 7) is 7.65. The molecule has 0 aliphatic carbocycles. The number of rotatable bonds is 7. The Morgan fingerprint density at radius 1 is 1.07 bits per heavy atom. The SMILES string of the molecule is C[C@H](c1ccccc1)N1C(=O)C[C@@H]2[C@@H](NC(=O)[C@H](Cc3c[nH]c4ccccc34)NC(=O)OC(C)(C)C)CCCN2C1=O. The number of aromatic nitrogens is 1. The standard InChI is InChI=1S/C32H39N5O5/c1-20(21-11-6-5-7-12-21)37-28(38)18-27-25(15-10-16-36(27)31(37)41)34-29(39)26(35-30(40)42-32(2,3)4)17-22-19-33-24-14-9-8-13-23(22)24/h5-9,11-14,19-20,25-27,33H,10,15-18H2,1-4H3,(H,34,39)(H,35,40)/t20-,25+,26+,27-/m1/s1. The third-order valence-electron chi connectivity index (χ3n) is 7.99. The number of ether oxygens (including phenoxy) is 1. The molecule has 10 nitrogen and oxygen atoms in total. The van der Waals surface area contributed by atoms with Gasteiger partial charge in [0.15, 0.2) is 0 Å². The zero-order valence-corrected chi connectivity index (χ0v) is 24.6. The van der Waals surface area contributed by atoms with Gasteiger partial charge in [-0.1, -0.05) is 48.5 Å². The van der Waals surface area contributed by atoms with Crippen molar-refractivity contribution >= 4 is 34.8 Å². The van der Waals surface area contributed by atoms with Crippen molar-refractivity contribution in [3.63, 3.8) is 0 Å². The van der Waals surface area contributed by atoms with E-state index in [-0.39, 0.29) is 24.8 Å². The number of alkyl carbamates (subject to hydrolysis) is 1. The Hall–Kier alpha value is -4.34. The molecule has 5 rings (SSSR count). The molecule has 2 aromatic carbocycles. The summed E-state index contributed by atoms with van der Waals surface area (Å²) in [5.41, 5.74) is 1.95. The van der Waals surface area contributed by atoms with Crippen LogP contribution in [0.25, 0.3) is 10.9 Å². The number of H-pyrrole nitrogens is 1. The topological polar surface area (TPSA) is 124 Å². The molecule has 10 heteroatoms. The second kappa shape index (κ2) is 11.9. The number of imide groups is 1. The van der Waals surface area contributed by atoms with E-state index in [9.17, 15) is 19.2 Å². The van der Waals surface area contributed by atoms with E-state index >= 15 is 0 Å². The van der Waals surface area contributed by atoms with E-state index in [1.54, 1.807) is 25.7 Å². The highest BCUT2D eigenvalue weighted by molar-refractivity contribution is 5.98. The van der Waals surface area contributed by atoms with Crippen LogP contribution in [0.2, 0.25) is 0 Å². The monoisotopic (exact) mass is 573 g/mol. The molecule has 2 saturated heterocycles. The van der Waals surface area contributed by atoms with Crippen LogP contribution >= 0.6 is 0 Å². The first-order valence-corrected chi connectivity index (χ1v) is 14.5. The van der Waals surface area contributed by atoms with Crippen LogP contribution in [0.4, 0.5) is 9.59 Å². The van der Waals surface area contributed by atoms with E-state index in [4.69, 9.17) is 4.74 Å². The van der Waals surface area contributed by atoms with Gasteiger partial charge in [0.25, 0.3) is 0 Å². The summed E-state index contributed by atoms with van der Waals surface area (Å²) in [6, 6.07) is 14.7. The number of nitrogens with one attached hydrogen (secondary N) is 3. The fraction of sp³-hybridized carbons (Fsp3) is 0.438. The van der Waals surface area contributed by atoms with Gasteiger partial charge in [-0.2, -0.15) is 0 Å². The molecule has 1 aromatic heterocycles. The molecule has 3 N–H and O–H groups in total. The van der Waals surface area contributed by atoms with E-state index < -0.39 is 41.8 Å². The minimum atomic E-state index is -0.931. The number of para-hydroxylation sites is 1. The molecule has 3 aromatic rings. The number of amides is 5. The van der Waals surface area contributed by atoms with Crippen molar-refractivity contribution in [2.24, 2.45) is 0 Å². The van der Waals surface area contributed by atoms with Crippen LogP contribution < -0.4 is 10.6 Å². The Labute approximate surface area is 245 Å². The molecular weight excluding hydrogens is 534 g/mol. The molecule has 2 aliphatic rings. The molecule has 0 radical (unpaired) electrons. The molecule has 3 heterocycles. The van der Waals surface area contributed by atoms with Gasteiger partial charge in [0.1, 0.15) is 11.6 Å². The number of hydrogen-bond acceptors (Lipinski definition) is 5. The smallest absolute Gasteiger partial charge is 0.408 e. The zero-order valence-electron chi connectivity index (χ0n) is 24.6. The number of benzene rings is 2. The molecule has 222 valence electrons. The summed E-state index contributed by atoms with van der Waals surface area (Å²) in [7, 11) is 0. The van der Waals surface area contributed by atoms with Crippen LogP contribution in [0.15, 0.2) is 60.8 Å². The normalized spacial score (nSPS) is 20.6. The van der Waals surface area contributed by atoms with Gasteiger partial charge in [0.05, 0.1) is 12.1 Å². The van der Waals surface area contributed by atoms with Crippen LogP contribution in [0.3, 0.4) is 0 Å². The number of nitrogens with zero attached hydrogens (tertiary/aromatic N) is 2. The number of urea groups is 1. The quantitative estimate of drug-likeness (QED) is 0.379. The van der Waals surface area contributed by atoms with Crippen molar-refractivity contribution < 1.29 is 23.9 Å². The predicted molar refractivity (Wildman–Crippen MR) is 159 cm³/mol. The van der Waals surface area contributed by atoms with Gasteiger partial charge in [-0.15, -0.1) is 0 Å². The summed E-state index contributed by atoms with van der Waals surface area (Å²) in [5, 5.41) is 6.79. The van der Waals surface area contributed by atoms with E-state index in [1.807, 2.05) is 67.7 Å². The molecule has 4 atom stereocenters. The lowest BCUT2D eigenvalue weighted by Crippen LogP contribution is -2.66. The Morgan fingerprint density at radius 2 is 1.79 bits per heavy atom. The first-order valence-electron chi connectivity index (χ1n) is 14.5. The highest BCUT2D eigenvalue weighted by atomic mass is 16.6. The molecular formula is C32H39N5O5. The maximum atomic E-state index is 13.8. The molecule has 5 amide bonds. The minimum absolute atomic E-state index is 0.112. The van der Waals surface area contributed by atoms with E-state index in [2.05, 4.69) is 15.6 Å². The summed E-state index contributed by atoms with van der Waals surface area (Å²) in [6.07, 6.45) is 2.79. The van der Waals surface area contributed by atoms with Gasteiger partial charge in [-0.05, 0) is 57.7 Å². The van der Waals surface area contributed by atoms with Crippen LogP contribution in [0.1, 0.15) is 64.1 Å². The van der Waals surface area contributed by atoms with Crippen molar-refractivity contribution in [2.75, 3.05) is 6.54 Å². The van der Waals surface area contributed by atoms with Gasteiger partial charge in [0, 0.05) is 42.5 Å². The lowest BCUT2D eigenvalue weighted by Gasteiger charge is -2.48. The first kappa shape index (κ1) is 29.2. The second-order valence-electron chi connectivity index (χ2n) is 12.1. The lowest BCUT2D eigenvalue weighted by atomic mass is 9.90. The Bertz CT molecular complexity index is 1460. The summed E-state index contributed by atoms with van der Waals surface area (Å²) in [5.74, 6) is -0.654. The van der Waals surface area contributed by atoms with Crippen molar-refractivity contribution in [3.8, 4) is 0 Å². The van der Waals surface area contributed by atoms with Gasteiger partial charge >= 0.3 is 12.1 Å². The Morgan fingerprint density at radius 3 is 2.52 bits per heavy atom. The number of fused-ring (bicyclic) bond motifs is 2. The molecule has 42 heavy (non-hydrogen) atoms.